The quantitative estimate of drug-likeness (QED) is 0.811. The predicted molar refractivity (Wildman–Crippen MR) is 63.1 cm³/mol. The number of sulfonamides is 1. The zero-order valence-electron chi connectivity index (χ0n) is 9.62. The van der Waals surface area contributed by atoms with Gasteiger partial charge in [-0.1, -0.05) is 13.0 Å². The summed E-state index contributed by atoms with van der Waals surface area (Å²) in [6, 6.07) is 7.35. The lowest BCUT2D eigenvalue weighted by Crippen LogP contribution is -2.31. The first-order chi connectivity index (χ1) is 8.36. The normalized spacial score (nSPS) is 12.7. The molecule has 0 saturated heterocycles. The number of carbonyl (C=O) groups is 1. The Labute approximate surface area is 105 Å². The summed E-state index contributed by atoms with van der Waals surface area (Å²) in [7, 11) is -3.79. The van der Waals surface area contributed by atoms with Crippen molar-refractivity contribution in [3.8, 4) is 6.07 Å². The maximum absolute atomic E-state index is 11.8. The molecule has 0 aromatic heterocycles. The highest BCUT2D eigenvalue weighted by Crippen LogP contribution is 2.11. The summed E-state index contributed by atoms with van der Waals surface area (Å²) in [4.78, 5) is 10.5. The van der Waals surface area contributed by atoms with Crippen molar-refractivity contribution in [2.24, 2.45) is 5.92 Å². The molecule has 0 aliphatic heterocycles. The number of nitrogens with zero attached hydrogens (tertiary/aromatic N) is 1. The number of carboxylic acids is 1. The first kappa shape index (κ1) is 14.2. The predicted octanol–water partition coefficient (Wildman–Crippen LogP) is 0.557. The van der Waals surface area contributed by atoms with Gasteiger partial charge in [-0.2, -0.15) is 5.26 Å². The second-order valence-corrected chi connectivity index (χ2v) is 5.50. The molecule has 6 nitrogen and oxygen atoms in total. The monoisotopic (exact) mass is 268 g/mol. The van der Waals surface area contributed by atoms with E-state index >= 15 is 0 Å². The largest absolute Gasteiger partial charge is 0.481 e. The van der Waals surface area contributed by atoms with E-state index in [1.165, 1.54) is 31.2 Å². The number of rotatable bonds is 5. The van der Waals surface area contributed by atoms with Crippen LogP contribution in [0.2, 0.25) is 0 Å². The van der Waals surface area contributed by atoms with E-state index in [9.17, 15) is 13.2 Å². The van der Waals surface area contributed by atoms with E-state index in [-0.39, 0.29) is 17.0 Å². The highest BCUT2D eigenvalue weighted by atomic mass is 32.2. The summed E-state index contributed by atoms with van der Waals surface area (Å²) in [5.74, 6) is -1.90. The van der Waals surface area contributed by atoms with Crippen molar-refractivity contribution in [1.29, 1.82) is 5.26 Å². The molecule has 0 spiro atoms. The molecule has 0 aliphatic carbocycles. The van der Waals surface area contributed by atoms with Crippen LogP contribution < -0.4 is 4.72 Å². The van der Waals surface area contributed by atoms with Crippen LogP contribution in [0.1, 0.15) is 12.5 Å². The van der Waals surface area contributed by atoms with Gasteiger partial charge in [0.2, 0.25) is 10.0 Å². The van der Waals surface area contributed by atoms with Crippen molar-refractivity contribution < 1.29 is 18.3 Å². The Morgan fingerprint density at radius 1 is 1.56 bits per heavy atom. The number of aliphatic carboxylic acids is 1. The molecule has 1 unspecified atom stereocenters. The van der Waals surface area contributed by atoms with Gasteiger partial charge in [0.15, 0.2) is 0 Å². The first-order valence-corrected chi connectivity index (χ1v) is 6.58. The third-order valence-electron chi connectivity index (χ3n) is 2.27. The molecule has 1 atom stereocenters. The lowest BCUT2D eigenvalue weighted by Gasteiger charge is -2.09. The average molecular weight is 268 g/mol. The zero-order chi connectivity index (χ0) is 13.8. The molecule has 0 radical (unpaired) electrons. The molecule has 0 saturated carbocycles. The molecule has 0 bridgehead atoms. The Balaban J connectivity index is 2.87. The van der Waals surface area contributed by atoms with Crippen LogP contribution in [0.15, 0.2) is 29.2 Å². The van der Waals surface area contributed by atoms with Crippen molar-refractivity contribution in [2.75, 3.05) is 6.54 Å². The van der Waals surface area contributed by atoms with Gasteiger partial charge in [-0.3, -0.25) is 4.79 Å². The van der Waals surface area contributed by atoms with Crippen LogP contribution in [-0.2, 0) is 14.8 Å². The van der Waals surface area contributed by atoms with Gasteiger partial charge in [-0.15, -0.1) is 0 Å². The minimum Gasteiger partial charge on any atom is -0.481 e. The number of benzene rings is 1. The number of nitriles is 1. The van der Waals surface area contributed by atoms with Gasteiger partial charge in [0.25, 0.3) is 0 Å². The van der Waals surface area contributed by atoms with Crippen LogP contribution >= 0.6 is 0 Å². The number of nitrogens with one attached hydrogen (secondary N) is 1. The van der Waals surface area contributed by atoms with E-state index in [0.29, 0.717) is 0 Å². The molecule has 0 aliphatic rings. The van der Waals surface area contributed by atoms with Gasteiger partial charge < -0.3 is 5.11 Å². The molecule has 2 N–H and O–H groups in total. The number of hydrogen-bond donors (Lipinski definition) is 2. The molecule has 7 heteroatoms. The van der Waals surface area contributed by atoms with Gasteiger partial charge in [-0.25, -0.2) is 13.1 Å². The molecular weight excluding hydrogens is 256 g/mol. The molecule has 1 rings (SSSR count). The minimum atomic E-state index is -3.79. The fourth-order valence-corrected chi connectivity index (χ4v) is 2.31. The van der Waals surface area contributed by atoms with Gasteiger partial charge in [0.1, 0.15) is 0 Å². The molecule has 18 heavy (non-hydrogen) atoms. The lowest BCUT2D eigenvalue weighted by molar-refractivity contribution is -0.140. The molecule has 0 heterocycles. The summed E-state index contributed by atoms with van der Waals surface area (Å²) in [5, 5.41) is 17.3. The Kier molecular flexibility index (Phi) is 4.42. The van der Waals surface area contributed by atoms with E-state index in [0.717, 1.165) is 0 Å². The van der Waals surface area contributed by atoms with Gasteiger partial charge in [0.05, 0.1) is 22.4 Å². The van der Waals surface area contributed by atoms with Crippen LogP contribution in [0.5, 0.6) is 0 Å². The van der Waals surface area contributed by atoms with Gasteiger partial charge >= 0.3 is 5.97 Å². The van der Waals surface area contributed by atoms with Crippen molar-refractivity contribution in [2.45, 2.75) is 11.8 Å². The van der Waals surface area contributed by atoms with Crippen LogP contribution in [-0.4, -0.2) is 26.0 Å². The zero-order valence-corrected chi connectivity index (χ0v) is 10.4. The summed E-state index contributed by atoms with van der Waals surface area (Å²) < 4.78 is 25.8. The second kappa shape index (κ2) is 5.62. The van der Waals surface area contributed by atoms with Crippen molar-refractivity contribution >= 4 is 16.0 Å². The SMILES string of the molecule is CC(CNS(=O)(=O)c1cccc(C#N)c1)C(=O)O. The number of hydrogen-bond acceptors (Lipinski definition) is 4. The van der Waals surface area contributed by atoms with Crippen LogP contribution in [0, 0.1) is 17.2 Å². The molecule has 96 valence electrons. The van der Waals surface area contributed by atoms with E-state index in [4.69, 9.17) is 10.4 Å². The maximum Gasteiger partial charge on any atom is 0.307 e. The standard InChI is InChI=1S/C11H12N2O4S/c1-8(11(14)15)7-13-18(16,17)10-4-2-3-9(5-10)6-12/h2-5,8,13H,7H2,1H3,(H,14,15). The van der Waals surface area contributed by atoms with Crippen molar-refractivity contribution in [1.82, 2.24) is 4.72 Å². The van der Waals surface area contributed by atoms with Gasteiger partial charge in [-0.05, 0) is 18.2 Å². The van der Waals surface area contributed by atoms with E-state index in [1.54, 1.807) is 0 Å². The molecule has 1 aromatic carbocycles. The Morgan fingerprint density at radius 3 is 2.78 bits per heavy atom. The number of carboxylic acid groups (broad SMARTS) is 1. The first-order valence-electron chi connectivity index (χ1n) is 5.09. The highest BCUT2D eigenvalue weighted by molar-refractivity contribution is 7.89. The molecular formula is C11H12N2O4S. The topological polar surface area (TPSA) is 107 Å². The fraction of sp³-hybridized carbons (Fsp3) is 0.273. The summed E-state index contributed by atoms with van der Waals surface area (Å²) in [5.41, 5.74) is 0.226. The molecule has 0 amide bonds. The Bertz CT molecular complexity index is 589. The van der Waals surface area contributed by atoms with Crippen LogP contribution in [0.4, 0.5) is 0 Å². The third-order valence-corrected chi connectivity index (χ3v) is 3.70. The summed E-state index contributed by atoms with van der Waals surface area (Å²) >= 11 is 0. The average Bonchev–Trinajstić information content (AvgIpc) is 2.36. The maximum atomic E-state index is 11.8. The van der Waals surface area contributed by atoms with Crippen molar-refractivity contribution in [3.63, 3.8) is 0 Å². The Hall–Kier alpha value is -1.91. The van der Waals surface area contributed by atoms with Gasteiger partial charge in [0, 0.05) is 6.54 Å². The fourth-order valence-electron chi connectivity index (χ4n) is 1.14. The lowest BCUT2D eigenvalue weighted by atomic mass is 10.2. The molecule has 0 fully saturated rings. The Morgan fingerprint density at radius 2 is 2.22 bits per heavy atom. The summed E-state index contributed by atoms with van der Waals surface area (Å²) in [6.07, 6.45) is 0. The van der Waals surface area contributed by atoms with Crippen LogP contribution in [0.25, 0.3) is 0 Å². The smallest absolute Gasteiger partial charge is 0.307 e. The minimum absolute atomic E-state index is 0.0564. The van der Waals surface area contributed by atoms with Crippen LogP contribution in [0.3, 0.4) is 0 Å². The van der Waals surface area contributed by atoms with E-state index in [1.807, 2.05) is 6.07 Å². The third kappa shape index (κ3) is 3.55. The molecule has 1 aromatic rings. The van der Waals surface area contributed by atoms with Crippen molar-refractivity contribution in [3.05, 3.63) is 29.8 Å². The van der Waals surface area contributed by atoms with E-state index < -0.39 is 21.9 Å². The van der Waals surface area contributed by atoms with E-state index in [2.05, 4.69) is 4.72 Å². The second-order valence-electron chi connectivity index (χ2n) is 3.73. The highest BCUT2D eigenvalue weighted by Gasteiger charge is 2.18. The summed E-state index contributed by atoms with van der Waals surface area (Å²) in [6.45, 7) is 1.20.